The van der Waals surface area contributed by atoms with E-state index in [1.807, 2.05) is 0 Å². The van der Waals surface area contributed by atoms with E-state index in [0.717, 1.165) is 11.3 Å². The molecule has 0 unspecified atom stereocenters. The number of carbonyl (C=O) groups is 1. The summed E-state index contributed by atoms with van der Waals surface area (Å²) in [5, 5.41) is 12.0. The van der Waals surface area contributed by atoms with E-state index in [9.17, 15) is 4.79 Å². The van der Waals surface area contributed by atoms with Crippen LogP contribution in [0.4, 0.5) is 5.13 Å². The average molecular weight is 237 g/mol. The van der Waals surface area contributed by atoms with Crippen LogP contribution in [0.3, 0.4) is 0 Å². The van der Waals surface area contributed by atoms with Crippen molar-refractivity contribution in [1.29, 1.82) is 0 Å². The van der Waals surface area contributed by atoms with Crippen LogP contribution in [0, 0.1) is 0 Å². The van der Waals surface area contributed by atoms with E-state index in [0.29, 0.717) is 11.7 Å². The minimum atomic E-state index is -0.510. The van der Waals surface area contributed by atoms with Crippen molar-refractivity contribution in [1.82, 2.24) is 4.98 Å². The van der Waals surface area contributed by atoms with Gasteiger partial charge in [-0.1, -0.05) is 22.9 Å². The fourth-order valence-electron chi connectivity index (χ4n) is 0.759. The number of hydrogen-bond acceptors (Lipinski definition) is 6. The quantitative estimate of drug-likeness (QED) is 0.763. The molecule has 0 amide bonds. The molecule has 1 aromatic heterocycles. The predicted molar refractivity (Wildman–Crippen MR) is 54.0 cm³/mol. The SMILES string of the molecule is COC(=O)c1sc(NCCO)nc1Cl. The average Bonchev–Trinajstić information content (AvgIpc) is 2.55. The molecule has 5 nitrogen and oxygen atoms in total. The van der Waals surface area contributed by atoms with Crippen LogP contribution in [0.25, 0.3) is 0 Å². The molecule has 1 aromatic rings. The maximum atomic E-state index is 11.1. The standard InChI is InChI=1S/C7H9ClN2O3S/c1-13-6(12)4-5(8)10-7(14-4)9-2-3-11/h11H,2-3H2,1H3,(H,9,10). The molecule has 0 bridgehead atoms. The van der Waals surface area contributed by atoms with Crippen molar-refractivity contribution in [2.75, 3.05) is 25.6 Å². The van der Waals surface area contributed by atoms with Crippen LogP contribution >= 0.6 is 22.9 Å². The second-order valence-corrected chi connectivity index (χ2v) is 3.64. The van der Waals surface area contributed by atoms with Gasteiger partial charge in [-0.25, -0.2) is 9.78 Å². The van der Waals surface area contributed by atoms with Gasteiger partial charge >= 0.3 is 5.97 Å². The third kappa shape index (κ3) is 2.57. The number of esters is 1. The van der Waals surface area contributed by atoms with Crippen LogP contribution in [0.1, 0.15) is 9.67 Å². The first kappa shape index (κ1) is 11.2. The summed E-state index contributed by atoms with van der Waals surface area (Å²) in [6.07, 6.45) is 0. The Balaban J connectivity index is 2.77. The number of halogens is 1. The zero-order valence-corrected chi connectivity index (χ0v) is 8.98. The van der Waals surface area contributed by atoms with E-state index in [2.05, 4.69) is 15.0 Å². The predicted octanol–water partition coefficient (Wildman–Crippen LogP) is 0.987. The molecule has 0 radical (unpaired) electrons. The summed E-state index contributed by atoms with van der Waals surface area (Å²) in [4.78, 5) is 15.2. The second-order valence-electron chi connectivity index (χ2n) is 2.28. The van der Waals surface area contributed by atoms with Crippen molar-refractivity contribution in [3.05, 3.63) is 10.0 Å². The van der Waals surface area contributed by atoms with Crippen LogP contribution in [-0.4, -0.2) is 36.3 Å². The molecule has 0 aliphatic carbocycles. The molecule has 14 heavy (non-hydrogen) atoms. The van der Waals surface area contributed by atoms with E-state index < -0.39 is 5.97 Å². The fourth-order valence-corrected chi connectivity index (χ4v) is 1.89. The van der Waals surface area contributed by atoms with Crippen molar-refractivity contribution < 1.29 is 14.6 Å². The van der Waals surface area contributed by atoms with Crippen molar-refractivity contribution in [2.45, 2.75) is 0 Å². The maximum Gasteiger partial charge on any atom is 0.351 e. The van der Waals surface area contributed by atoms with E-state index in [1.54, 1.807) is 0 Å². The lowest BCUT2D eigenvalue weighted by molar-refractivity contribution is 0.0606. The van der Waals surface area contributed by atoms with Crippen molar-refractivity contribution >= 4 is 34.0 Å². The topological polar surface area (TPSA) is 71.5 Å². The lowest BCUT2D eigenvalue weighted by Gasteiger charge is -1.95. The number of aliphatic hydroxyl groups excluding tert-OH is 1. The second kappa shape index (κ2) is 5.14. The normalized spacial score (nSPS) is 9.93. The molecule has 0 fully saturated rings. The number of ether oxygens (including phenoxy) is 1. The van der Waals surface area contributed by atoms with E-state index in [-0.39, 0.29) is 16.6 Å². The summed E-state index contributed by atoms with van der Waals surface area (Å²) in [7, 11) is 1.28. The highest BCUT2D eigenvalue weighted by molar-refractivity contribution is 7.18. The van der Waals surface area contributed by atoms with Gasteiger partial charge < -0.3 is 15.2 Å². The minimum Gasteiger partial charge on any atom is -0.465 e. The molecule has 0 atom stereocenters. The number of anilines is 1. The summed E-state index contributed by atoms with van der Waals surface area (Å²) in [5.74, 6) is -0.510. The number of methoxy groups -OCH3 is 1. The van der Waals surface area contributed by atoms with Gasteiger partial charge in [-0.15, -0.1) is 0 Å². The van der Waals surface area contributed by atoms with Gasteiger partial charge in [0.05, 0.1) is 13.7 Å². The molecule has 0 spiro atoms. The Morgan fingerprint density at radius 1 is 1.79 bits per heavy atom. The number of aromatic nitrogens is 1. The number of aliphatic hydroxyl groups is 1. The zero-order valence-electron chi connectivity index (χ0n) is 7.41. The van der Waals surface area contributed by atoms with Gasteiger partial charge in [-0.05, 0) is 0 Å². The van der Waals surface area contributed by atoms with Gasteiger partial charge in [0.25, 0.3) is 0 Å². The summed E-state index contributed by atoms with van der Waals surface area (Å²) >= 11 is 6.79. The largest absolute Gasteiger partial charge is 0.465 e. The first-order valence-electron chi connectivity index (χ1n) is 3.78. The van der Waals surface area contributed by atoms with Crippen LogP contribution in [0.15, 0.2) is 0 Å². The first-order valence-corrected chi connectivity index (χ1v) is 4.98. The highest BCUT2D eigenvalue weighted by atomic mass is 35.5. The maximum absolute atomic E-state index is 11.1. The molecule has 0 saturated carbocycles. The van der Waals surface area contributed by atoms with Gasteiger partial charge in [0, 0.05) is 6.54 Å². The highest BCUT2D eigenvalue weighted by Crippen LogP contribution is 2.27. The molecular weight excluding hydrogens is 228 g/mol. The summed E-state index contributed by atoms with van der Waals surface area (Å²) in [6, 6.07) is 0. The number of nitrogens with one attached hydrogen (secondary N) is 1. The minimum absolute atomic E-state index is 0.00917. The van der Waals surface area contributed by atoms with Gasteiger partial charge in [0.1, 0.15) is 0 Å². The zero-order chi connectivity index (χ0) is 10.6. The molecular formula is C7H9ClN2O3S. The number of rotatable bonds is 4. The molecule has 2 N–H and O–H groups in total. The highest BCUT2D eigenvalue weighted by Gasteiger charge is 2.16. The van der Waals surface area contributed by atoms with Gasteiger partial charge in [-0.3, -0.25) is 0 Å². The monoisotopic (exact) mass is 236 g/mol. The van der Waals surface area contributed by atoms with Crippen LogP contribution in [0.2, 0.25) is 5.15 Å². The van der Waals surface area contributed by atoms with E-state index in [4.69, 9.17) is 16.7 Å². The third-order valence-corrected chi connectivity index (χ3v) is 2.72. The van der Waals surface area contributed by atoms with Crippen LogP contribution < -0.4 is 5.32 Å². The summed E-state index contributed by atoms with van der Waals surface area (Å²) < 4.78 is 4.50. The number of carbonyl (C=O) groups excluding carboxylic acids is 1. The van der Waals surface area contributed by atoms with Crippen molar-refractivity contribution in [2.24, 2.45) is 0 Å². The smallest absolute Gasteiger partial charge is 0.351 e. The first-order chi connectivity index (χ1) is 6.69. The fraction of sp³-hybridized carbons (Fsp3) is 0.429. The molecule has 0 aromatic carbocycles. The van der Waals surface area contributed by atoms with Crippen LogP contribution in [0.5, 0.6) is 0 Å². The molecule has 0 saturated heterocycles. The van der Waals surface area contributed by atoms with Gasteiger partial charge in [0.15, 0.2) is 15.2 Å². The molecule has 78 valence electrons. The molecule has 7 heteroatoms. The molecule has 0 aliphatic rings. The molecule has 0 aliphatic heterocycles. The summed E-state index contributed by atoms with van der Waals surface area (Å²) in [5.41, 5.74) is 0. The Morgan fingerprint density at radius 2 is 2.50 bits per heavy atom. The lowest BCUT2D eigenvalue weighted by atomic mass is 10.6. The van der Waals surface area contributed by atoms with Gasteiger partial charge in [-0.2, -0.15) is 0 Å². The number of hydrogen-bond donors (Lipinski definition) is 2. The Hall–Kier alpha value is -0.850. The van der Waals surface area contributed by atoms with Crippen LogP contribution in [-0.2, 0) is 4.74 Å². The van der Waals surface area contributed by atoms with E-state index in [1.165, 1.54) is 7.11 Å². The summed E-state index contributed by atoms with van der Waals surface area (Å²) in [6.45, 7) is 0.356. The van der Waals surface area contributed by atoms with E-state index >= 15 is 0 Å². The number of thiazole rings is 1. The van der Waals surface area contributed by atoms with Crippen molar-refractivity contribution in [3.63, 3.8) is 0 Å². The Labute approximate surface area is 89.7 Å². The molecule has 1 rings (SSSR count). The Kier molecular flexibility index (Phi) is 4.12. The lowest BCUT2D eigenvalue weighted by Crippen LogP contribution is -2.04. The molecule has 1 heterocycles. The van der Waals surface area contributed by atoms with Gasteiger partial charge in [0.2, 0.25) is 0 Å². The van der Waals surface area contributed by atoms with Crippen molar-refractivity contribution in [3.8, 4) is 0 Å². The Morgan fingerprint density at radius 3 is 3.07 bits per heavy atom. The number of nitrogens with zero attached hydrogens (tertiary/aromatic N) is 1. The Bertz CT molecular complexity index is 329. The third-order valence-electron chi connectivity index (χ3n) is 1.34.